The Balaban J connectivity index is 2.36. The third kappa shape index (κ3) is 3.64. The molecule has 1 aliphatic heterocycles. The molecule has 1 aliphatic rings. The van der Waals surface area contributed by atoms with Crippen LogP contribution in [0, 0.1) is 10.1 Å². The maximum atomic E-state index is 11.2. The van der Waals surface area contributed by atoms with Crippen molar-refractivity contribution in [3.05, 3.63) is 28.3 Å². The van der Waals surface area contributed by atoms with Gasteiger partial charge in [0.1, 0.15) is 0 Å². The zero-order valence-corrected chi connectivity index (χ0v) is 12.9. The molecular weight excluding hydrogens is 270 g/mol. The molecule has 6 nitrogen and oxygen atoms in total. The van der Waals surface area contributed by atoms with Crippen molar-refractivity contribution in [3.8, 4) is 0 Å². The van der Waals surface area contributed by atoms with Crippen molar-refractivity contribution in [1.29, 1.82) is 0 Å². The predicted molar refractivity (Wildman–Crippen MR) is 84.1 cm³/mol. The molecule has 1 saturated heterocycles. The van der Waals surface area contributed by atoms with Crippen molar-refractivity contribution in [3.63, 3.8) is 0 Å². The third-order valence-electron chi connectivity index (χ3n) is 3.65. The Kier molecular flexibility index (Phi) is 4.67. The molecule has 1 heterocycles. The Morgan fingerprint density at radius 2 is 2.19 bits per heavy atom. The molecule has 2 rings (SSSR count). The van der Waals surface area contributed by atoms with Gasteiger partial charge in [0.15, 0.2) is 0 Å². The number of hydrogen-bond donors (Lipinski definition) is 1. The summed E-state index contributed by atoms with van der Waals surface area (Å²) in [5.74, 6) is 0. The minimum atomic E-state index is -0.339. The number of non-ortho nitro benzene ring substituents is 1. The molecule has 6 heteroatoms. The summed E-state index contributed by atoms with van der Waals surface area (Å²) in [4.78, 5) is 13.0. The van der Waals surface area contributed by atoms with Gasteiger partial charge in [0.2, 0.25) is 0 Å². The second-order valence-corrected chi connectivity index (χ2v) is 5.94. The van der Waals surface area contributed by atoms with Gasteiger partial charge in [-0.2, -0.15) is 0 Å². The average Bonchev–Trinajstić information content (AvgIpc) is 2.44. The van der Waals surface area contributed by atoms with E-state index in [1.54, 1.807) is 12.1 Å². The van der Waals surface area contributed by atoms with Crippen LogP contribution in [0.5, 0.6) is 0 Å². The number of morpholine rings is 1. The number of benzene rings is 1. The van der Waals surface area contributed by atoms with Gasteiger partial charge in [-0.3, -0.25) is 10.1 Å². The van der Waals surface area contributed by atoms with Gasteiger partial charge in [0, 0.05) is 36.6 Å². The highest BCUT2D eigenvalue weighted by Gasteiger charge is 2.31. The van der Waals surface area contributed by atoms with Crippen LogP contribution < -0.4 is 10.2 Å². The molecule has 1 aromatic rings. The molecule has 1 N–H and O–H groups in total. The smallest absolute Gasteiger partial charge is 0.273 e. The molecule has 21 heavy (non-hydrogen) atoms. The summed E-state index contributed by atoms with van der Waals surface area (Å²) in [6.45, 7) is 9.04. The van der Waals surface area contributed by atoms with Gasteiger partial charge >= 0.3 is 0 Å². The monoisotopic (exact) mass is 293 g/mol. The van der Waals surface area contributed by atoms with Crippen molar-refractivity contribution in [2.45, 2.75) is 32.7 Å². The number of rotatable bonds is 5. The summed E-state index contributed by atoms with van der Waals surface area (Å²) in [6.07, 6.45) is 0.973. The molecule has 0 saturated carbocycles. The fourth-order valence-electron chi connectivity index (χ4n) is 2.56. The molecule has 116 valence electrons. The number of nitrogens with one attached hydrogen (secondary N) is 1. The van der Waals surface area contributed by atoms with Crippen LogP contribution in [0.2, 0.25) is 0 Å². The zero-order chi connectivity index (χ0) is 15.5. The van der Waals surface area contributed by atoms with E-state index in [0.717, 1.165) is 30.9 Å². The lowest BCUT2D eigenvalue weighted by atomic mass is 10.0. The van der Waals surface area contributed by atoms with Crippen LogP contribution in [-0.2, 0) is 4.74 Å². The van der Waals surface area contributed by atoms with Gasteiger partial charge in [-0.25, -0.2) is 0 Å². The Bertz CT molecular complexity index is 517. The van der Waals surface area contributed by atoms with Crippen molar-refractivity contribution < 1.29 is 9.66 Å². The summed E-state index contributed by atoms with van der Waals surface area (Å²) < 4.78 is 5.52. The van der Waals surface area contributed by atoms with E-state index in [9.17, 15) is 10.1 Å². The van der Waals surface area contributed by atoms with Gasteiger partial charge < -0.3 is 15.0 Å². The fourth-order valence-corrected chi connectivity index (χ4v) is 2.56. The molecule has 0 amide bonds. The Morgan fingerprint density at radius 3 is 2.81 bits per heavy atom. The lowest BCUT2D eigenvalue weighted by Gasteiger charge is -2.43. The van der Waals surface area contributed by atoms with Gasteiger partial charge in [-0.1, -0.05) is 6.92 Å². The average molecular weight is 293 g/mol. The van der Waals surface area contributed by atoms with E-state index in [0.29, 0.717) is 13.2 Å². The minimum absolute atomic E-state index is 0.119. The number of nitro benzene ring substituents is 1. The number of nitrogens with zero attached hydrogens (tertiary/aromatic N) is 2. The molecule has 0 spiro atoms. The van der Waals surface area contributed by atoms with E-state index in [4.69, 9.17) is 4.74 Å². The van der Waals surface area contributed by atoms with Gasteiger partial charge in [0.05, 0.1) is 23.7 Å². The Hall–Kier alpha value is -1.82. The first-order chi connectivity index (χ1) is 9.94. The fraction of sp³-hybridized carbons (Fsp3) is 0.600. The number of ether oxygens (including phenoxy) is 1. The first-order valence-corrected chi connectivity index (χ1v) is 7.33. The van der Waals surface area contributed by atoms with E-state index in [1.807, 2.05) is 6.07 Å². The normalized spacial score (nSPS) is 17.6. The Labute approximate surface area is 125 Å². The predicted octanol–water partition coefficient (Wildman–Crippen LogP) is 3.03. The topological polar surface area (TPSA) is 67.6 Å². The second kappa shape index (κ2) is 6.30. The van der Waals surface area contributed by atoms with Crippen LogP contribution in [0.1, 0.15) is 27.2 Å². The van der Waals surface area contributed by atoms with Gasteiger partial charge in [0.25, 0.3) is 5.69 Å². The molecule has 1 fully saturated rings. The van der Waals surface area contributed by atoms with E-state index in [1.165, 1.54) is 0 Å². The zero-order valence-electron chi connectivity index (χ0n) is 12.9. The molecule has 0 aromatic heterocycles. The summed E-state index contributed by atoms with van der Waals surface area (Å²) in [6, 6.07) is 5.21. The van der Waals surface area contributed by atoms with Crippen molar-refractivity contribution in [2.24, 2.45) is 0 Å². The lowest BCUT2D eigenvalue weighted by molar-refractivity contribution is -0.384. The number of hydrogen-bond acceptors (Lipinski definition) is 5. The highest BCUT2D eigenvalue weighted by Crippen LogP contribution is 2.32. The number of anilines is 2. The maximum absolute atomic E-state index is 11.2. The number of nitro groups is 1. The Morgan fingerprint density at radius 1 is 1.43 bits per heavy atom. The SMILES string of the molecule is CCCNc1cc(N2CCOCC2(C)C)cc([N+](=O)[O-])c1. The van der Waals surface area contributed by atoms with Crippen molar-refractivity contribution in [2.75, 3.05) is 36.5 Å². The molecule has 0 bridgehead atoms. The molecule has 0 aliphatic carbocycles. The van der Waals surface area contributed by atoms with E-state index in [-0.39, 0.29) is 16.1 Å². The van der Waals surface area contributed by atoms with Crippen molar-refractivity contribution >= 4 is 17.1 Å². The summed E-state index contributed by atoms with van der Waals surface area (Å²) >= 11 is 0. The standard InChI is InChI=1S/C15H23N3O3/c1-4-5-16-12-8-13(10-14(9-12)18(19)20)17-6-7-21-11-15(17,2)3/h8-10,16H,4-7,11H2,1-3H3. The third-order valence-corrected chi connectivity index (χ3v) is 3.65. The lowest BCUT2D eigenvalue weighted by Crippen LogP contribution is -2.53. The highest BCUT2D eigenvalue weighted by atomic mass is 16.6. The largest absolute Gasteiger partial charge is 0.385 e. The van der Waals surface area contributed by atoms with Gasteiger partial charge in [-0.15, -0.1) is 0 Å². The van der Waals surface area contributed by atoms with Crippen LogP contribution in [0.25, 0.3) is 0 Å². The van der Waals surface area contributed by atoms with Crippen LogP contribution in [-0.4, -0.2) is 36.8 Å². The summed E-state index contributed by atoms with van der Waals surface area (Å²) in [7, 11) is 0. The van der Waals surface area contributed by atoms with Crippen LogP contribution in [0.15, 0.2) is 18.2 Å². The summed E-state index contributed by atoms with van der Waals surface area (Å²) in [5, 5.41) is 14.4. The minimum Gasteiger partial charge on any atom is -0.385 e. The van der Waals surface area contributed by atoms with Gasteiger partial charge in [-0.05, 0) is 26.3 Å². The van der Waals surface area contributed by atoms with E-state index in [2.05, 4.69) is 31.0 Å². The van der Waals surface area contributed by atoms with Crippen LogP contribution >= 0.6 is 0 Å². The molecule has 0 radical (unpaired) electrons. The van der Waals surface area contributed by atoms with Crippen molar-refractivity contribution in [1.82, 2.24) is 0 Å². The quantitative estimate of drug-likeness (QED) is 0.667. The van der Waals surface area contributed by atoms with E-state index < -0.39 is 0 Å². The highest BCUT2D eigenvalue weighted by molar-refractivity contribution is 5.65. The van der Waals surface area contributed by atoms with Crippen LogP contribution in [0.3, 0.4) is 0 Å². The second-order valence-electron chi connectivity index (χ2n) is 5.94. The molecule has 1 aromatic carbocycles. The van der Waals surface area contributed by atoms with E-state index >= 15 is 0 Å². The first kappa shape index (κ1) is 15.6. The molecular formula is C15H23N3O3. The summed E-state index contributed by atoms with van der Waals surface area (Å²) in [5.41, 5.74) is 1.61. The molecule has 0 atom stereocenters. The first-order valence-electron chi connectivity index (χ1n) is 7.33. The molecule has 0 unspecified atom stereocenters. The maximum Gasteiger partial charge on any atom is 0.273 e. The van der Waals surface area contributed by atoms with Crippen LogP contribution in [0.4, 0.5) is 17.1 Å².